The van der Waals surface area contributed by atoms with Crippen molar-refractivity contribution in [2.75, 3.05) is 27.2 Å². The summed E-state index contributed by atoms with van der Waals surface area (Å²) >= 11 is 0. The quantitative estimate of drug-likeness (QED) is 0.146. The summed E-state index contributed by atoms with van der Waals surface area (Å²) in [6, 6.07) is 0. The number of nitrogens with zero attached hydrogens (tertiary/aromatic N) is 1. The Balaban J connectivity index is 3.00. The van der Waals surface area contributed by atoms with Crippen molar-refractivity contribution in [2.24, 2.45) is 5.92 Å². The van der Waals surface area contributed by atoms with Crippen molar-refractivity contribution in [3.8, 4) is 0 Å². The Morgan fingerprint density at radius 1 is 1.22 bits per heavy atom. The fraction of sp³-hybridized carbons (Fsp3) is 0.567. The molecule has 1 aliphatic rings. The van der Waals surface area contributed by atoms with Crippen LogP contribution in [0, 0.1) is 5.92 Å². The lowest BCUT2D eigenvalue weighted by molar-refractivity contribution is -0.117. The maximum atomic E-state index is 13.5. The van der Waals surface area contributed by atoms with Gasteiger partial charge in [-0.25, -0.2) is 8.78 Å². The Morgan fingerprint density at radius 2 is 1.92 bits per heavy atom. The number of allylic oxidation sites excluding steroid dienone is 7. The third kappa shape index (κ3) is 12.0. The van der Waals surface area contributed by atoms with Crippen molar-refractivity contribution >= 4 is 5.91 Å². The summed E-state index contributed by atoms with van der Waals surface area (Å²) in [6.07, 6.45) is 16.1. The average molecular weight is 505 g/mol. The maximum Gasteiger partial charge on any atom is 0.251 e. The third-order valence-corrected chi connectivity index (χ3v) is 6.45. The predicted molar refractivity (Wildman–Crippen MR) is 147 cm³/mol. The Bertz CT molecular complexity index is 889. The number of halogens is 2. The Labute approximate surface area is 217 Å². The first-order chi connectivity index (χ1) is 16.8. The second kappa shape index (κ2) is 14.9. The number of rotatable bonds is 15. The summed E-state index contributed by atoms with van der Waals surface area (Å²) in [4.78, 5) is 15.2. The van der Waals surface area contributed by atoms with E-state index in [-0.39, 0.29) is 25.3 Å². The van der Waals surface area contributed by atoms with Crippen molar-refractivity contribution in [1.82, 2.24) is 10.2 Å². The normalized spacial score (nSPS) is 16.6. The minimum absolute atomic E-state index is 0.229. The molecule has 1 unspecified atom stereocenters. The van der Waals surface area contributed by atoms with E-state index >= 15 is 0 Å². The molecule has 0 aromatic carbocycles. The lowest BCUT2D eigenvalue weighted by Gasteiger charge is -2.37. The Hall–Kier alpha value is -2.47. The van der Waals surface area contributed by atoms with Gasteiger partial charge in [-0.2, -0.15) is 0 Å². The van der Waals surface area contributed by atoms with Gasteiger partial charge in [0, 0.05) is 24.1 Å². The van der Waals surface area contributed by atoms with E-state index in [1.165, 1.54) is 0 Å². The van der Waals surface area contributed by atoms with Crippen LogP contribution in [0.4, 0.5) is 8.78 Å². The number of carbonyl (C=O) groups is 1. The molecule has 1 aliphatic carbocycles. The van der Waals surface area contributed by atoms with Crippen molar-refractivity contribution < 1.29 is 18.3 Å². The monoisotopic (exact) mass is 504 g/mol. The molecule has 0 bridgehead atoms. The number of hydrogen-bond donors (Lipinski definition) is 1. The van der Waals surface area contributed by atoms with Gasteiger partial charge < -0.3 is 15.0 Å². The number of amides is 1. The largest absolute Gasteiger partial charge is 0.490 e. The molecular formula is C30H46F2N2O2. The summed E-state index contributed by atoms with van der Waals surface area (Å²) in [7, 11) is 3.70. The van der Waals surface area contributed by atoms with Crippen LogP contribution < -0.4 is 5.32 Å². The van der Waals surface area contributed by atoms with Crippen molar-refractivity contribution in [2.45, 2.75) is 78.2 Å². The Kier molecular flexibility index (Phi) is 13.1. The van der Waals surface area contributed by atoms with E-state index in [4.69, 9.17) is 4.74 Å². The second-order valence-corrected chi connectivity index (χ2v) is 10.5. The number of alkyl halides is 2. The molecule has 36 heavy (non-hydrogen) atoms. The molecular weight excluding hydrogens is 458 g/mol. The van der Waals surface area contributed by atoms with Gasteiger partial charge in [0.1, 0.15) is 12.4 Å². The van der Waals surface area contributed by atoms with Crippen LogP contribution in [0.1, 0.15) is 66.7 Å². The molecule has 6 heteroatoms. The number of likely N-dealkylation sites (N-methyl/N-ethyl adjacent to an activating group) is 1. The van der Waals surface area contributed by atoms with Crippen molar-refractivity contribution in [3.05, 3.63) is 71.6 Å². The molecule has 0 aliphatic heterocycles. The van der Waals surface area contributed by atoms with Crippen molar-refractivity contribution in [3.63, 3.8) is 0 Å². The number of nitrogens with one attached hydrogen (secondary N) is 1. The van der Waals surface area contributed by atoms with Gasteiger partial charge in [0.15, 0.2) is 0 Å². The smallest absolute Gasteiger partial charge is 0.251 e. The summed E-state index contributed by atoms with van der Waals surface area (Å²) < 4.78 is 33.0. The third-order valence-electron chi connectivity index (χ3n) is 6.45. The molecule has 202 valence electrons. The first-order valence-electron chi connectivity index (χ1n) is 12.8. The lowest BCUT2D eigenvalue weighted by atomic mass is 9.92. The zero-order chi connectivity index (χ0) is 27.4. The van der Waals surface area contributed by atoms with E-state index in [0.717, 1.165) is 30.9 Å². The number of ether oxygens (including phenoxy) is 1. The average Bonchev–Trinajstić information content (AvgIpc) is 3.08. The number of hydrogen-bond acceptors (Lipinski definition) is 3. The van der Waals surface area contributed by atoms with Crippen LogP contribution in [-0.2, 0) is 9.53 Å². The van der Waals surface area contributed by atoms with Gasteiger partial charge in [-0.15, -0.1) is 0 Å². The standard InChI is InChI=1S/C30H46F2N2O2/c1-9-26(24(4)36-21-25-14-12-10-11-13-15-25)20-27(17-16-23(2)3)28(35)33-22-29(5,34(7)8)18-19-30(6,31)32/h10-14,17,20,23H,4,9,15-16,18-19,21-22H2,1-3,5-8H3,(H,33,35)/b26-20-,27-17?. The lowest BCUT2D eigenvalue weighted by Crippen LogP contribution is -2.51. The van der Waals surface area contributed by atoms with Crippen LogP contribution in [0.3, 0.4) is 0 Å². The molecule has 0 aromatic rings. The van der Waals surface area contributed by atoms with E-state index in [1.807, 2.05) is 69.3 Å². The zero-order valence-corrected chi connectivity index (χ0v) is 23.3. The molecule has 0 saturated heterocycles. The van der Waals surface area contributed by atoms with Gasteiger partial charge in [0.05, 0.1) is 0 Å². The minimum atomic E-state index is -2.75. The zero-order valence-electron chi connectivity index (χ0n) is 23.3. The second-order valence-electron chi connectivity index (χ2n) is 10.5. The predicted octanol–water partition coefficient (Wildman–Crippen LogP) is 7.14. The van der Waals surface area contributed by atoms with Crippen molar-refractivity contribution in [1.29, 1.82) is 0 Å². The summed E-state index contributed by atoms with van der Waals surface area (Å²) in [5.74, 6) is -2.05. The maximum absolute atomic E-state index is 13.5. The SMILES string of the molecule is C=C(OCC1=CC=CC=CC1)/C(=C\C(=CCC(C)C)C(=O)NCC(C)(CCC(C)(F)F)N(C)C)CC. The van der Waals surface area contributed by atoms with Crippen LogP contribution in [0.25, 0.3) is 0 Å². The summed E-state index contributed by atoms with van der Waals surface area (Å²) in [6.45, 7) is 13.8. The Morgan fingerprint density at radius 3 is 2.50 bits per heavy atom. The van der Waals surface area contributed by atoms with E-state index < -0.39 is 11.5 Å². The molecule has 0 radical (unpaired) electrons. The van der Waals surface area contributed by atoms with Gasteiger partial charge in [-0.1, -0.05) is 63.8 Å². The molecule has 1 amide bonds. The molecule has 0 saturated carbocycles. The highest BCUT2D eigenvalue weighted by Crippen LogP contribution is 2.27. The van der Waals surface area contributed by atoms with E-state index in [9.17, 15) is 13.6 Å². The molecule has 1 rings (SSSR count). The van der Waals surface area contributed by atoms with Gasteiger partial charge in [-0.05, 0) is 76.8 Å². The van der Waals surface area contributed by atoms with Gasteiger partial charge >= 0.3 is 0 Å². The molecule has 0 aromatic heterocycles. The van der Waals surface area contributed by atoms with Gasteiger partial charge in [0.25, 0.3) is 5.91 Å². The van der Waals surface area contributed by atoms with E-state index in [0.29, 0.717) is 30.3 Å². The summed E-state index contributed by atoms with van der Waals surface area (Å²) in [5.41, 5.74) is 1.93. The molecule has 0 fully saturated rings. The minimum Gasteiger partial charge on any atom is -0.490 e. The van der Waals surface area contributed by atoms with Gasteiger partial charge in [-0.3, -0.25) is 4.79 Å². The number of carbonyl (C=O) groups excluding carboxylic acids is 1. The van der Waals surface area contributed by atoms with Crippen LogP contribution in [-0.4, -0.2) is 49.5 Å². The molecule has 1 N–H and O–H groups in total. The van der Waals surface area contributed by atoms with E-state index in [1.54, 1.807) is 0 Å². The van der Waals surface area contributed by atoms with Crippen LogP contribution in [0.5, 0.6) is 0 Å². The molecule has 4 nitrogen and oxygen atoms in total. The highest BCUT2D eigenvalue weighted by Gasteiger charge is 2.32. The topological polar surface area (TPSA) is 41.6 Å². The van der Waals surface area contributed by atoms with Crippen LogP contribution in [0.15, 0.2) is 71.6 Å². The highest BCUT2D eigenvalue weighted by molar-refractivity contribution is 5.96. The van der Waals surface area contributed by atoms with Crippen LogP contribution >= 0.6 is 0 Å². The molecule has 1 atom stereocenters. The first-order valence-corrected chi connectivity index (χ1v) is 12.8. The van der Waals surface area contributed by atoms with E-state index in [2.05, 4.69) is 31.8 Å². The first kappa shape index (κ1) is 31.6. The van der Waals surface area contributed by atoms with Crippen LogP contribution in [0.2, 0.25) is 0 Å². The fourth-order valence-electron chi connectivity index (χ4n) is 3.48. The molecule has 0 heterocycles. The fourth-order valence-corrected chi connectivity index (χ4v) is 3.48. The summed E-state index contributed by atoms with van der Waals surface area (Å²) in [5, 5.41) is 2.99. The highest BCUT2D eigenvalue weighted by atomic mass is 19.3. The molecule has 0 spiro atoms. The van der Waals surface area contributed by atoms with Gasteiger partial charge in [0.2, 0.25) is 5.92 Å².